The van der Waals surface area contributed by atoms with E-state index >= 15 is 0 Å². The molecule has 0 heterocycles. The number of hydrogen-bond donors (Lipinski definition) is 2. The fourth-order valence-corrected chi connectivity index (χ4v) is 1.71. The summed E-state index contributed by atoms with van der Waals surface area (Å²) >= 11 is 0. The predicted octanol–water partition coefficient (Wildman–Crippen LogP) is 2.06. The van der Waals surface area contributed by atoms with Crippen molar-refractivity contribution in [1.29, 1.82) is 0 Å². The lowest BCUT2D eigenvalue weighted by molar-refractivity contribution is -0.146. The number of phenols is 1. The maximum absolute atomic E-state index is 11.1. The number of ether oxygens (including phenoxy) is 2. The predicted molar refractivity (Wildman–Crippen MR) is 66.3 cm³/mol. The van der Waals surface area contributed by atoms with Crippen LogP contribution >= 0.6 is 0 Å². The molecule has 0 aliphatic heterocycles. The minimum absolute atomic E-state index is 0.0174. The molecule has 5 nitrogen and oxygen atoms in total. The molecule has 18 heavy (non-hydrogen) atoms. The Hall–Kier alpha value is -1.91. The van der Waals surface area contributed by atoms with Gasteiger partial charge in [-0.25, -0.2) is 0 Å². The molecule has 2 N–H and O–H groups in total. The second-order valence-electron chi connectivity index (χ2n) is 4.71. The first-order valence-corrected chi connectivity index (χ1v) is 5.49. The third-order valence-electron chi connectivity index (χ3n) is 2.75. The summed E-state index contributed by atoms with van der Waals surface area (Å²) in [6.07, 6.45) is 0.232. The van der Waals surface area contributed by atoms with Gasteiger partial charge < -0.3 is 19.7 Å². The molecule has 0 bridgehead atoms. The van der Waals surface area contributed by atoms with Gasteiger partial charge in [0, 0.05) is 11.6 Å². The van der Waals surface area contributed by atoms with Gasteiger partial charge in [0.05, 0.1) is 19.6 Å². The van der Waals surface area contributed by atoms with Gasteiger partial charge in [0.15, 0.2) is 11.5 Å². The molecule has 0 atom stereocenters. The molecule has 1 rings (SSSR count). The normalized spacial score (nSPS) is 11.1. The van der Waals surface area contributed by atoms with Crippen molar-refractivity contribution in [2.24, 2.45) is 5.41 Å². The van der Waals surface area contributed by atoms with Crippen LogP contribution in [-0.2, 0) is 11.2 Å². The van der Waals surface area contributed by atoms with Crippen LogP contribution in [0.25, 0.3) is 0 Å². The average Bonchev–Trinajstić information content (AvgIpc) is 2.27. The number of aliphatic carboxylic acids is 1. The molecule has 0 aliphatic rings. The molecule has 0 saturated carbocycles. The smallest absolute Gasteiger partial charge is 0.309 e. The fraction of sp³-hybridized carbons (Fsp3) is 0.462. The van der Waals surface area contributed by atoms with E-state index in [4.69, 9.17) is 14.6 Å². The zero-order valence-electron chi connectivity index (χ0n) is 11.0. The number of benzene rings is 1. The van der Waals surface area contributed by atoms with E-state index in [1.54, 1.807) is 13.8 Å². The number of carboxylic acids is 1. The quantitative estimate of drug-likeness (QED) is 0.841. The largest absolute Gasteiger partial charge is 0.508 e. The molecule has 0 amide bonds. The number of rotatable bonds is 5. The van der Waals surface area contributed by atoms with Gasteiger partial charge in [-0.2, -0.15) is 0 Å². The van der Waals surface area contributed by atoms with Crippen molar-refractivity contribution in [3.63, 3.8) is 0 Å². The third kappa shape index (κ3) is 2.85. The molecule has 0 radical (unpaired) electrons. The number of phenolic OH excluding ortho intramolecular Hbond substituents is 1. The van der Waals surface area contributed by atoms with Crippen LogP contribution in [0.3, 0.4) is 0 Å². The number of hydrogen-bond acceptors (Lipinski definition) is 4. The summed E-state index contributed by atoms with van der Waals surface area (Å²) in [7, 11) is 2.94. The molecule has 0 aliphatic carbocycles. The van der Waals surface area contributed by atoms with Crippen molar-refractivity contribution in [2.45, 2.75) is 20.3 Å². The number of carboxylic acid groups (broad SMARTS) is 1. The highest BCUT2D eigenvalue weighted by molar-refractivity contribution is 5.74. The maximum Gasteiger partial charge on any atom is 0.309 e. The Bertz CT molecular complexity index is 451. The molecule has 0 aromatic heterocycles. The van der Waals surface area contributed by atoms with Crippen molar-refractivity contribution in [3.8, 4) is 17.2 Å². The van der Waals surface area contributed by atoms with Crippen LogP contribution in [0.15, 0.2) is 12.1 Å². The minimum Gasteiger partial charge on any atom is -0.508 e. The first kappa shape index (κ1) is 14.2. The molecular formula is C13H18O5. The lowest BCUT2D eigenvalue weighted by Crippen LogP contribution is -2.26. The Morgan fingerprint density at radius 3 is 2.33 bits per heavy atom. The van der Waals surface area contributed by atoms with Gasteiger partial charge in [0.2, 0.25) is 0 Å². The van der Waals surface area contributed by atoms with Gasteiger partial charge in [-0.05, 0) is 26.3 Å². The highest BCUT2D eigenvalue weighted by Gasteiger charge is 2.29. The van der Waals surface area contributed by atoms with Gasteiger partial charge in [-0.15, -0.1) is 0 Å². The lowest BCUT2D eigenvalue weighted by atomic mass is 9.85. The molecule has 1 aromatic rings. The summed E-state index contributed by atoms with van der Waals surface area (Å²) in [5.41, 5.74) is -0.353. The van der Waals surface area contributed by atoms with E-state index in [9.17, 15) is 9.90 Å². The van der Waals surface area contributed by atoms with E-state index in [2.05, 4.69) is 0 Å². The van der Waals surface area contributed by atoms with Gasteiger partial charge in [0.25, 0.3) is 0 Å². The van der Waals surface area contributed by atoms with E-state index in [0.717, 1.165) is 0 Å². The monoisotopic (exact) mass is 254 g/mol. The van der Waals surface area contributed by atoms with Crippen LogP contribution < -0.4 is 9.47 Å². The number of methoxy groups -OCH3 is 2. The van der Waals surface area contributed by atoms with Gasteiger partial charge in [-0.3, -0.25) is 4.79 Å². The lowest BCUT2D eigenvalue weighted by Gasteiger charge is -2.21. The molecule has 5 heteroatoms. The first-order valence-electron chi connectivity index (χ1n) is 5.49. The van der Waals surface area contributed by atoms with Gasteiger partial charge in [-0.1, -0.05) is 0 Å². The van der Waals surface area contributed by atoms with E-state index in [1.165, 1.54) is 26.4 Å². The van der Waals surface area contributed by atoms with E-state index in [1.807, 2.05) is 0 Å². The SMILES string of the molecule is COc1cc(O)cc(CC(C)(C)C(=O)O)c1OC. The Labute approximate surface area is 106 Å². The summed E-state index contributed by atoms with van der Waals surface area (Å²) in [4.78, 5) is 11.1. The average molecular weight is 254 g/mol. The standard InChI is InChI=1S/C13H18O5/c1-13(2,12(15)16)7-8-5-9(14)6-10(17-3)11(8)18-4/h5-6,14H,7H2,1-4H3,(H,15,16). The highest BCUT2D eigenvalue weighted by Crippen LogP contribution is 2.38. The van der Waals surface area contributed by atoms with Crippen molar-refractivity contribution in [3.05, 3.63) is 17.7 Å². The Morgan fingerprint density at radius 2 is 1.89 bits per heavy atom. The van der Waals surface area contributed by atoms with Crippen LogP contribution in [0.5, 0.6) is 17.2 Å². The summed E-state index contributed by atoms with van der Waals surface area (Å²) in [5, 5.41) is 18.7. The van der Waals surface area contributed by atoms with Crippen molar-refractivity contribution < 1.29 is 24.5 Å². The van der Waals surface area contributed by atoms with Crippen LogP contribution in [0.1, 0.15) is 19.4 Å². The van der Waals surface area contributed by atoms with Crippen LogP contribution in [0.2, 0.25) is 0 Å². The molecule has 0 spiro atoms. The van der Waals surface area contributed by atoms with Crippen molar-refractivity contribution in [1.82, 2.24) is 0 Å². The van der Waals surface area contributed by atoms with Crippen molar-refractivity contribution in [2.75, 3.05) is 14.2 Å². The molecule has 100 valence electrons. The molecular weight excluding hydrogens is 236 g/mol. The van der Waals surface area contributed by atoms with E-state index in [0.29, 0.717) is 17.1 Å². The van der Waals surface area contributed by atoms with Crippen molar-refractivity contribution >= 4 is 5.97 Å². The van der Waals surface area contributed by atoms with E-state index in [-0.39, 0.29) is 12.2 Å². The molecule has 0 fully saturated rings. The second-order valence-corrected chi connectivity index (χ2v) is 4.71. The first-order chi connectivity index (χ1) is 8.31. The van der Waals surface area contributed by atoms with Crippen LogP contribution in [-0.4, -0.2) is 30.4 Å². The molecule has 0 saturated heterocycles. The summed E-state index contributed by atoms with van der Waals surface area (Å²) in [5.74, 6) is -0.0611. The van der Waals surface area contributed by atoms with E-state index < -0.39 is 11.4 Å². The minimum atomic E-state index is -0.952. The third-order valence-corrected chi connectivity index (χ3v) is 2.75. The van der Waals surface area contributed by atoms with Gasteiger partial charge in [0.1, 0.15) is 5.75 Å². The Balaban J connectivity index is 3.23. The molecule has 0 unspecified atom stereocenters. The zero-order valence-corrected chi connectivity index (χ0v) is 11.0. The topological polar surface area (TPSA) is 76.0 Å². The Morgan fingerprint density at radius 1 is 1.28 bits per heavy atom. The fourth-order valence-electron chi connectivity index (χ4n) is 1.71. The van der Waals surface area contributed by atoms with Crippen LogP contribution in [0.4, 0.5) is 0 Å². The number of carbonyl (C=O) groups is 1. The second kappa shape index (κ2) is 5.16. The summed E-state index contributed by atoms with van der Waals surface area (Å²) in [6, 6.07) is 2.92. The maximum atomic E-state index is 11.1. The summed E-state index contributed by atoms with van der Waals surface area (Å²) < 4.78 is 10.3. The number of aromatic hydroxyl groups is 1. The highest BCUT2D eigenvalue weighted by atomic mass is 16.5. The zero-order chi connectivity index (χ0) is 13.9. The Kier molecular flexibility index (Phi) is 4.06. The molecule has 1 aromatic carbocycles. The van der Waals surface area contributed by atoms with Crippen LogP contribution in [0, 0.1) is 5.41 Å². The summed E-state index contributed by atoms with van der Waals surface area (Å²) in [6.45, 7) is 3.23. The van der Waals surface area contributed by atoms with Gasteiger partial charge >= 0.3 is 5.97 Å².